The van der Waals surface area contributed by atoms with Gasteiger partial charge in [-0.3, -0.25) is 0 Å². The van der Waals surface area contributed by atoms with Gasteiger partial charge < -0.3 is 21.1 Å². The van der Waals surface area contributed by atoms with Crippen LogP contribution in [0.1, 0.15) is 72.6 Å². The number of carbonyl (C=O) groups is 1. The Morgan fingerprint density at radius 2 is 1.64 bits per heavy atom. The summed E-state index contributed by atoms with van der Waals surface area (Å²) in [6.07, 6.45) is 6.70. The van der Waals surface area contributed by atoms with Gasteiger partial charge in [0.25, 0.3) is 0 Å². The highest BCUT2D eigenvalue weighted by Crippen LogP contribution is 2.29. The molecule has 2 aliphatic rings. The van der Waals surface area contributed by atoms with E-state index in [0.717, 1.165) is 38.5 Å². The van der Waals surface area contributed by atoms with Crippen molar-refractivity contribution in [3.05, 3.63) is 0 Å². The Balaban J connectivity index is 1.81. The van der Waals surface area contributed by atoms with Crippen molar-refractivity contribution >= 4 is 6.03 Å². The van der Waals surface area contributed by atoms with Crippen molar-refractivity contribution in [3.63, 3.8) is 0 Å². The number of urea groups is 1. The molecule has 0 spiro atoms. The zero-order valence-electron chi connectivity index (χ0n) is 14.6. The molecule has 22 heavy (non-hydrogen) atoms. The molecule has 5 nitrogen and oxygen atoms in total. The maximum Gasteiger partial charge on any atom is 0.315 e. The Morgan fingerprint density at radius 3 is 2.18 bits per heavy atom. The first-order valence-corrected chi connectivity index (χ1v) is 8.65. The van der Waals surface area contributed by atoms with Gasteiger partial charge in [-0.1, -0.05) is 19.3 Å². The number of hydrogen-bond acceptors (Lipinski definition) is 3. The fourth-order valence-corrected chi connectivity index (χ4v) is 4.29. The fourth-order valence-electron chi connectivity index (χ4n) is 4.29. The van der Waals surface area contributed by atoms with E-state index < -0.39 is 5.60 Å². The summed E-state index contributed by atoms with van der Waals surface area (Å²) in [4.78, 5) is 12.2. The molecule has 5 heteroatoms. The Morgan fingerprint density at radius 1 is 1.09 bits per heavy atom. The van der Waals surface area contributed by atoms with E-state index in [1.807, 2.05) is 0 Å². The Kier molecular flexibility index (Phi) is 5.07. The van der Waals surface area contributed by atoms with Gasteiger partial charge in [-0.25, -0.2) is 4.79 Å². The third kappa shape index (κ3) is 5.13. The van der Waals surface area contributed by atoms with Gasteiger partial charge in [0.15, 0.2) is 0 Å². The minimum absolute atomic E-state index is 0.0151. The van der Waals surface area contributed by atoms with Gasteiger partial charge in [0.1, 0.15) is 0 Å². The number of amides is 2. The molecule has 2 amide bonds. The SMILES string of the molecule is CC1(C)CC(NC(=O)NCC2(O)CCCCC2)CC(C)(C)N1. The molecule has 0 bridgehead atoms. The third-order valence-corrected chi connectivity index (χ3v) is 4.89. The van der Waals surface area contributed by atoms with Gasteiger partial charge in [0, 0.05) is 23.7 Å². The van der Waals surface area contributed by atoms with Gasteiger partial charge in [-0.2, -0.15) is 0 Å². The molecule has 0 unspecified atom stereocenters. The van der Waals surface area contributed by atoms with E-state index in [-0.39, 0.29) is 23.2 Å². The Bertz CT molecular complexity index is 385. The lowest BCUT2D eigenvalue weighted by Crippen LogP contribution is -2.63. The van der Waals surface area contributed by atoms with E-state index in [2.05, 4.69) is 43.6 Å². The molecule has 0 aromatic carbocycles. The molecule has 1 aliphatic carbocycles. The first kappa shape index (κ1) is 17.5. The predicted molar refractivity (Wildman–Crippen MR) is 88.9 cm³/mol. The average molecular weight is 311 g/mol. The molecule has 1 saturated heterocycles. The van der Waals surface area contributed by atoms with Crippen molar-refractivity contribution in [2.75, 3.05) is 6.54 Å². The molecule has 2 rings (SSSR count). The number of hydrogen-bond donors (Lipinski definition) is 4. The van der Waals surface area contributed by atoms with E-state index in [0.29, 0.717) is 6.54 Å². The number of aliphatic hydroxyl groups is 1. The van der Waals surface area contributed by atoms with Crippen molar-refractivity contribution in [2.24, 2.45) is 0 Å². The molecule has 2 fully saturated rings. The van der Waals surface area contributed by atoms with Crippen LogP contribution < -0.4 is 16.0 Å². The van der Waals surface area contributed by atoms with Gasteiger partial charge in [0.2, 0.25) is 0 Å². The van der Waals surface area contributed by atoms with E-state index in [1.165, 1.54) is 6.42 Å². The molecule has 1 saturated carbocycles. The minimum atomic E-state index is -0.706. The van der Waals surface area contributed by atoms with Crippen LogP contribution in [0.4, 0.5) is 4.79 Å². The lowest BCUT2D eigenvalue weighted by Gasteiger charge is -2.46. The smallest absolute Gasteiger partial charge is 0.315 e. The van der Waals surface area contributed by atoms with Crippen LogP contribution in [0.3, 0.4) is 0 Å². The molecule has 0 radical (unpaired) electrons. The average Bonchev–Trinajstić information content (AvgIpc) is 2.33. The van der Waals surface area contributed by atoms with Gasteiger partial charge in [-0.05, 0) is 53.4 Å². The quantitative estimate of drug-likeness (QED) is 0.646. The second kappa shape index (κ2) is 6.36. The Hall–Kier alpha value is -0.810. The summed E-state index contributed by atoms with van der Waals surface area (Å²) in [5.41, 5.74) is -0.676. The van der Waals surface area contributed by atoms with Gasteiger partial charge >= 0.3 is 6.03 Å². The second-order valence-corrected chi connectivity index (χ2v) is 8.61. The number of rotatable bonds is 3. The summed E-state index contributed by atoms with van der Waals surface area (Å²) in [6, 6.07) is 0.00440. The molecule has 0 aromatic rings. The van der Waals surface area contributed by atoms with Crippen LogP contribution in [-0.4, -0.2) is 40.4 Å². The number of nitrogens with one attached hydrogen (secondary N) is 3. The van der Waals surface area contributed by atoms with Crippen molar-refractivity contribution in [2.45, 2.75) is 95.4 Å². The van der Waals surface area contributed by atoms with Crippen LogP contribution in [0.15, 0.2) is 0 Å². The van der Waals surface area contributed by atoms with Crippen LogP contribution in [0.5, 0.6) is 0 Å². The first-order chi connectivity index (χ1) is 10.1. The van der Waals surface area contributed by atoms with Crippen molar-refractivity contribution < 1.29 is 9.90 Å². The maximum absolute atomic E-state index is 12.2. The highest BCUT2D eigenvalue weighted by atomic mass is 16.3. The zero-order valence-corrected chi connectivity index (χ0v) is 14.6. The van der Waals surface area contributed by atoms with E-state index in [4.69, 9.17) is 0 Å². The summed E-state index contributed by atoms with van der Waals surface area (Å²) < 4.78 is 0. The minimum Gasteiger partial charge on any atom is -0.388 e. The summed E-state index contributed by atoms with van der Waals surface area (Å²) in [7, 11) is 0. The monoisotopic (exact) mass is 311 g/mol. The second-order valence-electron chi connectivity index (χ2n) is 8.61. The number of piperidine rings is 1. The summed E-state index contributed by atoms with van der Waals surface area (Å²) in [5.74, 6) is 0. The third-order valence-electron chi connectivity index (χ3n) is 4.89. The molecule has 4 N–H and O–H groups in total. The lowest BCUT2D eigenvalue weighted by molar-refractivity contribution is 0.00697. The molecule has 1 heterocycles. The van der Waals surface area contributed by atoms with E-state index >= 15 is 0 Å². The molecular weight excluding hydrogens is 278 g/mol. The standard InChI is InChI=1S/C17H33N3O2/c1-15(2)10-13(11-16(3,4)20-15)19-14(21)18-12-17(22)8-6-5-7-9-17/h13,20,22H,5-12H2,1-4H3,(H2,18,19,21). The molecule has 128 valence electrons. The van der Waals surface area contributed by atoms with Crippen LogP contribution in [0.2, 0.25) is 0 Å². The lowest BCUT2D eigenvalue weighted by atomic mass is 9.79. The van der Waals surface area contributed by atoms with Crippen LogP contribution >= 0.6 is 0 Å². The largest absolute Gasteiger partial charge is 0.388 e. The van der Waals surface area contributed by atoms with Crippen LogP contribution in [0.25, 0.3) is 0 Å². The van der Waals surface area contributed by atoms with Crippen LogP contribution in [-0.2, 0) is 0 Å². The topological polar surface area (TPSA) is 73.4 Å². The van der Waals surface area contributed by atoms with Crippen molar-refractivity contribution in [1.29, 1.82) is 0 Å². The van der Waals surface area contributed by atoms with Crippen LogP contribution in [0, 0.1) is 0 Å². The molecule has 0 aromatic heterocycles. The summed E-state index contributed by atoms with van der Waals surface area (Å²) >= 11 is 0. The fraction of sp³-hybridized carbons (Fsp3) is 0.941. The highest BCUT2D eigenvalue weighted by Gasteiger charge is 2.38. The van der Waals surface area contributed by atoms with Crippen molar-refractivity contribution in [1.82, 2.24) is 16.0 Å². The van der Waals surface area contributed by atoms with Crippen molar-refractivity contribution in [3.8, 4) is 0 Å². The molecule has 0 atom stereocenters. The molecular formula is C17H33N3O2. The number of carbonyl (C=O) groups excluding carboxylic acids is 1. The predicted octanol–water partition coefficient (Wildman–Crippen LogP) is 2.29. The Labute approximate surface area is 134 Å². The van der Waals surface area contributed by atoms with Gasteiger partial charge in [0.05, 0.1) is 5.60 Å². The normalized spacial score (nSPS) is 27.1. The molecule has 1 aliphatic heterocycles. The first-order valence-electron chi connectivity index (χ1n) is 8.65. The zero-order chi connectivity index (χ0) is 16.4. The van der Waals surface area contributed by atoms with E-state index in [1.54, 1.807) is 0 Å². The summed E-state index contributed by atoms with van der Waals surface area (Å²) in [5, 5.41) is 20.0. The maximum atomic E-state index is 12.2. The summed E-state index contributed by atoms with van der Waals surface area (Å²) in [6.45, 7) is 9.05. The van der Waals surface area contributed by atoms with Gasteiger partial charge in [-0.15, -0.1) is 0 Å². The highest BCUT2D eigenvalue weighted by molar-refractivity contribution is 5.74. The van der Waals surface area contributed by atoms with E-state index in [9.17, 15) is 9.90 Å².